The molecule has 33 heavy (non-hydrogen) atoms. The predicted molar refractivity (Wildman–Crippen MR) is 122 cm³/mol. The van der Waals surface area contributed by atoms with E-state index in [0.29, 0.717) is 0 Å². The minimum absolute atomic E-state index is 0.0764. The third-order valence-corrected chi connectivity index (χ3v) is 7.24. The van der Waals surface area contributed by atoms with E-state index in [0.717, 1.165) is 11.6 Å². The first-order valence-corrected chi connectivity index (χ1v) is 11.6. The quantitative estimate of drug-likeness (QED) is 0.285. The van der Waals surface area contributed by atoms with Crippen LogP contribution in [0.3, 0.4) is 0 Å². The van der Waals surface area contributed by atoms with Crippen molar-refractivity contribution in [2.75, 3.05) is 31.5 Å². The van der Waals surface area contributed by atoms with Crippen LogP contribution in [-0.2, 0) is 14.8 Å². The second kappa shape index (κ2) is 9.99. The van der Waals surface area contributed by atoms with Crippen LogP contribution in [0.1, 0.15) is 5.56 Å². The van der Waals surface area contributed by atoms with Gasteiger partial charge in [-0.15, -0.1) is 0 Å². The summed E-state index contributed by atoms with van der Waals surface area (Å²) >= 11 is 5.76. The van der Waals surface area contributed by atoms with Crippen molar-refractivity contribution < 1.29 is 18.1 Å². The number of piperazine rings is 1. The molecule has 12 heteroatoms. The van der Waals surface area contributed by atoms with E-state index in [2.05, 4.69) is 5.32 Å². The van der Waals surface area contributed by atoms with Gasteiger partial charge in [-0.05, 0) is 31.2 Å². The molecular formula is C21H20ClN5O5S. The number of nitro groups is 1. The molecule has 10 nitrogen and oxygen atoms in total. The fourth-order valence-electron chi connectivity index (χ4n) is 3.18. The van der Waals surface area contributed by atoms with Gasteiger partial charge < -0.3 is 10.2 Å². The van der Waals surface area contributed by atoms with E-state index in [1.165, 1.54) is 22.6 Å². The number of hydrogen-bond donors (Lipinski definition) is 1. The zero-order valence-corrected chi connectivity index (χ0v) is 19.1. The number of carbonyl (C=O) groups is 1. The van der Waals surface area contributed by atoms with Crippen molar-refractivity contribution in [3.63, 3.8) is 0 Å². The standard InChI is InChI=1S/C21H20ClN5O5S/c1-15-2-5-18(6-3-15)33(31,32)26-10-8-25(9-11-26)14-16(13-23)21(28)24-17-4-7-19(22)20(12-17)27(29)30/h2-7,12,14H,8-11H2,1H3,(H,24,28)/b16-14-. The van der Waals surface area contributed by atoms with Crippen LogP contribution >= 0.6 is 11.6 Å². The normalized spacial score (nSPS) is 15.1. The minimum atomic E-state index is -3.63. The number of sulfonamides is 1. The summed E-state index contributed by atoms with van der Waals surface area (Å²) in [5.41, 5.74) is 0.482. The van der Waals surface area contributed by atoms with Crippen molar-refractivity contribution >= 4 is 38.9 Å². The second-order valence-electron chi connectivity index (χ2n) is 7.29. The molecule has 2 aromatic carbocycles. The fourth-order valence-corrected chi connectivity index (χ4v) is 4.79. The summed E-state index contributed by atoms with van der Waals surface area (Å²) in [4.78, 5) is 24.7. The fraction of sp³-hybridized carbons (Fsp3) is 0.238. The van der Waals surface area contributed by atoms with Gasteiger partial charge in [0, 0.05) is 44.1 Å². The van der Waals surface area contributed by atoms with E-state index in [1.807, 2.05) is 6.92 Å². The Morgan fingerprint density at radius 2 is 1.82 bits per heavy atom. The third kappa shape index (κ3) is 5.67. The van der Waals surface area contributed by atoms with Crippen molar-refractivity contribution in [1.82, 2.24) is 9.21 Å². The maximum Gasteiger partial charge on any atom is 0.289 e. The van der Waals surface area contributed by atoms with Gasteiger partial charge in [-0.3, -0.25) is 14.9 Å². The molecule has 1 heterocycles. The van der Waals surface area contributed by atoms with Gasteiger partial charge in [0.2, 0.25) is 10.0 Å². The molecule has 0 aromatic heterocycles. The molecule has 1 amide bonds. The summed E-state index contributed by atoms with van der Waals surface area (Å²) in [5.74, 6) is -0.746. The molecule has 0 aliphatic carbocycles. The lowest BCUT2D eigenvalue weighted by atomic mass is 10.2. The number of aryl methyl sites for hydroxylation is 1. The SMILES string of the molecule is Cc1ccc(S(=O)(=O)N2CCN(/C=C(/C#N)C(=O)Nc3ccc(Cl)c([N+](=O)[O-])c3)CC2)cc1. The number of anilines is 1. The van der Waals surface area contributed by atoms with E-state index in [4.69, 9.17) is 11.6 Å². The molecule has 1 saturated heterocycles. The van der Waals surface area contributed by atoms with E-state index < -0.39 is 20.9 Å². The van der Waals surface area contributed by atoms with Gasteiger partial charge >= 0.3 is 0 Å². The van der Waals surface area contributed by atoms with Gasteiger partial charge in [0.1, 0.15) is 16.7 Å². The van der Waals surface area contributed by atoms with Crippen molar-refractivity contribution in [3.05, 3.63) is 74.9 Å². The molecule has 1 aliphatic rings. The van der Waals surface area contributed by atoms with Gasteiger partial charge in [-0.2, -0.15) is 9.57 Å². The average Bonchev–Trinajstić information content (AvgIpc) is 2.79. The van der Waals surface area contributed by atoms with Crippen molar-refractivity contribution in [2.45, 2.75) is 11.8 Å². The van der Waals surface area contributed by atoms with Crippen LogP contribution in [0.4, 0.5) is 11.4 Å². The molecule has 1 N–H and O–H groups in total. The number of halogens is 1. The highest BCUT2D eigenvalue weighted by molar-refractivity contribution is 7.89. The maximum absolute atomic E-state index is 12.8. The van der Waals surface area contributed by atoms with Crippen molar-refractivity contribution in [1.29, 1.82) is 5.26 Å². The van der Waals surface area contributed by atoms with Gasteiger partial charge in [0.25, 0.3) is 11.6 Å². The van der Waals surface area contributed by atoms with Crippen LogP contribution in [0.5, 0.6) is 0 Å². The molecule has 3 rings (SSSR count). The predicted octanol–water partition coefficient (Wildman–Crippen LogP) is 2.91. The molecule has 2 aromatic rings. The monoisotopic (exact) mass is 489 g/mol. The molecule has 0 saturated carbocycles. The lowest BCUT2D eigenvalue weighted by Gasteiger charge is -2.33. The van der Waals surface area contributed by atoms with Gasteiger partial charge in [-0.25, -0.2) is 8.42 Å². The molecule has 0 bridgehead atoms. The average molecular weight is 490 g/mol. The Bertz CT molecular complexity index is 1250. The highest BCUT2D eigenvalue weighted by Gasteiger charge is 2.28. The van der Waals surface area contributed by atoms with Crippen LogP contribution in [0.2, 0.25) is 5.02 Å². The number of nitrogens with zero attached hydrogens (tertiary/aromatic N) is 4. The lowest BCUT2D eigenvalue weighted by Crippen LogP contribution is -2.46. The number of carbonyl (C=O) groups excluding carboxylic acids is 1. The smallest absolute Gasteiger partial charge is 0.289 e. The molecule has 172 valence electrons. The number of rotatable bonds is 6. The summed E-state index contributed by atoms with van der Waals surface area (Å²) < 4.78 is 27.0. The Hall–Kier alpha value is -3.46. The van der Waals surface area contributed by atoms with Crippen molar-refractivity contribution in [3.8, 4) is 6.07 Å². The Morgan fingerprint density at radius 3 is 2.39 bits per heavy atom. The van der Waals surface area contributed by atoms with E-state index in [1.54, 1.807) is 35.2 Å². The number of amides is 1. The van der Waals surface area contributed by atoms with Crippen LogP contribution in [0, 0.1) is 28.4 Å². The van der Waals surface area contributed by atoms with Gasteiger partial charge in [0.15, 0.2) is 0 Å². The first-order valence-electron chi connectivity index (χ1n) is 9.80. The molecule has 1 aliphatic heterocycles. The molecular weight excluding hydrogens is 470 g/mol. The lowest BCUT2D eigenvalue weighted by molar-refractivity contribution is -0.384. The molecule has 0 unspecified atom stereocenters. The van der Waals surface area contributed by atoms with E-state index in [9.17, 15) is 28.6 Å². The first kappa shape index (κ1) is 24.2. The van der Waals surface area contributed by atoms with Crippen LogP contribution in [0.15, 0.2) is 59.1 Å². The Morgan fingerprint density at radius 1 is 1.18 bits per heavy atom. The molecule has 0 atom stereocenters. The largest absolute Gasteiger partial charge is 0.373 e. The zero-order valence-electron chi connectivity index (χ0n) is 17.6. The van der Waals surface area contributed by atoms with Crippen molar-refractivity contribution in [2.24, 2.45) is 0 Å². The Kier molecular flexibility index (Phi) is 7.33. The summed E-state index contributed by atoms with van der Waals surface area (Å²) in [6.45, 7) is 2.83. The topological polar surface area (TPSA) is 137 Å². The summed E-state index contributed by atoms with van der Waals surface area (Å²) in [7, 11) is -3.63. The van der Waals surface area contributed by atoms with Crippen LogP contribution in [0.25, 0.3) is 0 Å². The van der Waals surface area contributed by atoms with Crippen LogP contribution < -0.4 is 5.32 Å². The van der Waals surface area contributed by atoms with E-state index in [-0.39, 0.29) is 53.0 Å². The maximum atomic E-state index is 12.8. The number of benzene rings is 2. The highest BCUT2D eigenvalue weighted by atomic mass is 35.5. The molecule has 0 spiro atoms. The zero-order chi connectivity index (χ0) is 24.2. The Balaban J connectivity index is 1.66. The molecule has 0 radical (unpaired) electrons. The van der Waals surface area contributed by atoms with E-state index >= 15 is 0 Å². The number of nitriles is 1. The first-order chi connectivity index (χ1) is 15.6. The third-order valence-electron chi connectivity index (χ3n) is 5.01. The number of nitrogens with one attached hydrogen (secondary N) is 1. The second-order valence-corrected chi connectivity index (χ2v) is 9.63. The van der Waals surface area contributed by atoms with Crippen LogP contribution in [-0.4, -0.2) is 54.6 Å². The molecule has 1 fully saturated rings. The summed E-state index contributed by atoms with van der Waals surface area (Å²) in [5, 5.41) is 22.8. The summed E-state index contributed by atoms with van der Waals surface area (Å²) in [6.07, 6.45) is 1.36. The van der Waals surface area contributed by atoms with Gasteiger partial charge in [-0.1, -0.05) is 29.3 Å². The number of nitro benzene ring substituents is 1. The van der Waals surface area contributed by atoms with Gasteiger partial charge in [0.05, 0.1) is 9.82 Å². The highest BCUT2D eigenvalue weighted by Crippen LogP contribution is 2.27. The minimum Gasteiger partial charge on any atom is -0.373 e. The number of hydrogen-bond acceptors (Lipinski definition) is 7. The summed E-state index contributed by atoms with van der Waals surface area (Å²) in [6, 6.07) is 12.2. The Labute approximate surface area is 195 Å².